The van der Waals surface area contributed by atoms with Crippen molar-refractivity contribution in [1.82, 2.24) is 9.97 Å². The highest BCUT2D eigenvalue weighted by Crippen LogP contribution is 2.24. The molecule has 3 rings (SSSR count). The van der Waals surface area contributed by atoms with Crippen LogP contribution in [0.3, 0.4) is 0 Å². The fourth-order valence-electron chi connectivity index (χ4n) is 2.72. The Balaban J connectivity index is 1.76. The zero-order valence-electron chi connectivity index (χ0n) is 14.9. The Hall–Kier alpha value is -2.38. The van der Waals surface area contributed by atoms with Crippen LogP contribution in [-0.4, -0.2) is 56.3 Å². The van der Waals surface area contributed by atoms with E-state index in [9.17, 15) is 4.79 Å². The summed E-state index contributed by atoms with van der Waals surface area (Å²) in [7, 11) is 3.77. The molecule has 0 unspecified atom stereocenters. The number of rotatable bonds is 5. The molecule has 2 heterocycles. The molecule has 0 saturated carbocycles. The summed E-state index contributed by atoms with van der Waals surface area (Å²) < 4.78 is 5.37. The topological polar surface area (TPSA) is 70.6 Å². The van der Waals surface area contributed by atoms with Crippen LogP contribution in [0.5, 0.6) is 0 Å². The van der Waals surface area contributed by atoms with Crippen molar-refractivity contribution in [3.63, 3.8) is 0 Å². The molecule has 7 nitrogen and oxygen atoms in total. The number of nitrogens with zero attached hydrogens (tertiary/aromatic N) is 4. The third kappa shape index (κ3) is 4.42. The minimum absolute atomic E-state index is 0.163. The molecule has 2 aromatic rings. The molecule has 0 radical (unpaired) electrons. The first-order chi connectivity index (χ1) is 12.5. The highest BCUT2D eigenvalue weighted by molar-refractivity contribution is 6.31. The molecule has 1 aromatic heterocycles. The highest BCUT2D eigenvalue weighted by atomic mass is 35.5. The molecular formula is C18H22ClN5O2. The van der Waals surface area contributed by atoms with E-state index in [1.807, 2.05) is 37.2 Å². The minimum atomic E-state index is -0.163. The Morgan fingerprint density at radius 3 is 2.73 bits per heavy atom. The van der Waals surface area contributed by atoms with Gasteiger partial charge in [-0.3, -0.25) is 4.79 Å². The molecule has 0 atom stereocenters. The third-order valence-electron chi connectivity index (χ3n) is 4.06. The smallest absolute Gasteiger partial charge is 0.228 e. The molecule has 26 heavy (non-hydrogen) atoms. The molecule has 0 spiro atoms. The van der Waals surface area contributed by atoms with Gasteiger partial charge in [-0.25, -0.2) is 4.98 Å². The molecule has 1 fully saturated rings. The number of aromatic nitrogens is 2. The Morgan fingerprint density at radius 1 is 1.31 bits per heavy atom. The van der Waals surface area contributed by atoms with Crippen molar-refractivity contribution >= 4 is 35.0 Å². The van der Waals surface area contributed by atoms with Crippen LogP contribution in [0.25, 0.3) is 0 Å². The number of carbonyl (C=O) groups is 1. The number of morpholine rings is 1. The van der Waals surface area contributed by atoms with Crippen LogP contribution in [0, 0.1) is 0 Å². The second kappa shape index (κ2) is 8.33. The lowest BCUT2D eigenvalue weighted by molar-refractivity contribution is -0.115. The maximum absolute atomic E-state index is 12.4. The molecule has 1 amide bonds. The number of benzene rings is 1. The Kier molecular flexibility index (Phi) is 5.90. The molecule has 138 valence electrons. The number of nitrogens with one attached hydrogen (secondary N) is 1. The van der Waals surface area contributed by atoms with Crippen LogP contribution in [0.2, 0.25) is 5.02 Å². The molecule has 8 heteroatoms. The highest BCUT2D eigenvalue weighted by Gasteiger charge is 2.18. The van der Waals surface area contributed by atoms with Crippen LogP contribution in [0.4, 0.5) is 17.5 Å². The normalized spacial score (nSPS) is 14.2. The van der Waals surface area contributed by atoms with Gasteiger partial charge in [-0.1, -0.05) is 29.8 Å². The van der Waals surface area contributed by atoms with Crippen molar-refractivity contribution in [3.05, 3.63) is 41.0 Å². The number of hydrogen-bond acceptors (Lipinski definition) is 6. The summed E-state index contributed by atoms with van der Waals surface area (Å²) >= 11 is 6.13. The first kappa shape index (κ1) is 18.4. The fraction of sp³-hybridized carbons (Fsp3) is 0.389. The zero-order chi connectivity index (χ0) is 18.5. The summed E-state index contributed by atoms with van der Waals surface area (Å²) in [6.07, 6.45) is 1.84. The predicted octanol–water partition coefficient (Wildman–Crippen LogP) is 2.21. The fourth-order valence-corrected chi connectivity index (χ4v) is 2.92. The summed E-state index contributed by atoms with van der Waals surface area (Å²) in [4.78, 5) is 25.4. The quantitative estimate of drug-likeness (QED) is 0.864. The van der Waals surface area contributed by atoms with E-state index in [2.05, 4.69) is 20.2 Å². The Morgan fingerprint density at radius 2 is 2.04 bits per heavy atom. The van der Waals surface area contributed by atoms with Gasteiger partial charge in [0.15, 0.2) is 5.82 Å². The van der Waals surface area contributed by atoms with Gasteiger partial charge in [0, 0.05) is 32.2 Å². The lowest BCUT2D eigenvalue weighted by atomic mass is 10.1. The zero-order valence-corrected chi connectivity index (χ0v) is 15.7. The minimum Gasteiger partial charge on any atom is -0.378 e. The van der Waals surface area contributed by atoms with Crippen molar-refractivity contribution < 1.29 is 9.53 Å². The van der Waals surface area contributed by atoms with Gasteiger partial charge in [-0.15, -0.1) is 0 Å². The molecule has 1 N–H and O–H groups in total. The SMILES string of the molecule is CN(C)c1nc(N2CCOCC2)ncc1NC(=O)Cc1ccccc1Cl. The van der Waals surface area contributed by atoms with E-state index in [-0.39, 0.29) is 12.3 Å². The van der Waals surface area contributed by atoms with Crippen molar-refractivity contribution in [3.8, 4) is 0 Å². The number of carbonyl (C=O) groups excluding carboxylic acids is 1. The maximum atomic E-state index is 12.4. The van der Waals surface area contributed by atoms with Gasteiger partial charge >= 0.3 is 0 Å². The van der Waals surface area contributed by atoms with Gasteiger partial charge in [-0.05, 0) is 11.6 Å². The average Bonchev–Trinajstić information content (AvgIpc) is 2.64. The van der Waals surface area contributed by atoms with E-state index in [0.717, 1.165) is 18.7 Å². The van der Waals surface area contributed by atoms with Crippen molar-refractivity contribution in [1.29, 1.82) is 0 Å². The second-order valence-electron chi connectivity index (χ2n) is 6.22. The van der Waals surface area contributed by atoms with Gasteiger partial charge in [0.2, 0.25) is 11.9 Å². The van der Waals surface area contributed by atoms with E-state index >= 15 is 0 Å². The first-order valence-electron chi connectivity index (χ1n) is 8.45. The maximum Gasteiger partial charge on any atom is 0.228 e. The van der Waals surface area contributed by atoms with Crippen LogP contribution < -0.4 is 15.1 Å². The summed E-state index contributed by atoms with van der Waals surface area (Å²) in [5.74, 6) is 1.14. The summed E-state index contributed by atoms with van der Waals surface area (Å²) in [6, 6.07) is 7.31. The van der Waals surface area contributed by atoms with Gasteiger partial charge < -0.3 is 19.9 Å². The van der Waals surface area contributed by atoms with Gasteiger partial charge in [0.1, 0.15) is 5.69 Å². The van der Waals surface area contributed by atoms with E-state index in [4.69, 9.17) is 16.3 Å². The number of anilines is 3. The van der Waals surface area contributed by atoms with Crippen LogP contribution >= 0.6 is 11.6 Å². The van der Waals surface area contributed by atoms with Gasteiger partial charge in [-0.2, -0.15) is 4.98 Å². The lowest BCUT2D eigenvalue weighted by Crippen LogP contribution is -2.37. The standard InChI is InChI=1S/C18H22ClN5O2/c1-23(2)17-15(12-20-18(22-17)24-7-9-26-10-8-24)21-16(25)11-13-5-3-4-6-14(13)19/h3-6,12H,7-11H2,1-2H3,(H,21,25). The average molecular weight is 376 g/mol. The van der Waals surface area contributed by atoms with E-state index in [1.165, 1.54) is 0 Å². The Bertz CT molecular complexity index is 778. The van der Waals surface area contributed by atoms with Crippen LogP contribution in [0.1, 0.15) is 5.56 Å². The van der Waals surface area contributed by atoms with Gasteiger partial charge in [0.25, 0.3) is 0 Å². The van der Waals surface area contributed by atoms with Crippen LogP contribution in [0.15, 0.2) is 30.5 Å². The van der Waals surface area contributed by atoms with E-state index in [0.29, 0.717) is 35.7 Å². The monoisotopic (exact) mass is 375 g/mol. The Labute approximate surface area is 157 Å². The number of ether oxygens (including phenoxy) is 1. The molecule has 0 aliphatic carbocycles. The third-order valence-corrected chi connectivity index (χ3v) is 4.43. The van der Waals surface area contributed by atoms with E-state index in [1.54, 1.807) is 12.3 Å². The predicted molar refractivity (Wildman–Crippen MR) is 103 cm³/mol. The van der Waals surface area contributed by atoms with Crippen molar-refractivity contribution in [2.75, 3.05) is 55.5 Å². The number of halogens is 1. The van der Waals surface area contributed by atoms with Crippen LogP contribution in [-0.2, 0) is 16.0 Å². The summed E-state index contributed by atoms with van der Waals surface area (Å²) in [5, 5.41) is 3.47. The molecule has 1 aliphatic rings. The molecule has 0 bridgehead atoms. The second-order valence-corrected chi connectivity index (χ2v) is 6.62. The van der Waals surface area contributed by atoms with Gasteiger partial charge in [0.05, 0.1) is 25.8 Å². The molecule has 1 saturated heterocycles. The summed E-state index contributed by atoms with van der Waals surface area (Å²) in [6.45, 7) is 2.84. The molecule has 1 aromatic carbocycles. The lowest BCUT2D eigenvalue weighted by Gasteiger charge is -2.28. The van der Waals surface area contributed by atoms with Crippen molar-refractivity contribution in [2.24, 2.45) is 0 Å². The first-order valence-corrected chi connectivity index (χ1v) is 8.82. The van der Waals surface area contributed by atoms with E-state index < -0.39 is 0 Å². The number of hydrogen-bond donors (Lipinski definition) is 1. The molecule has 1 aliphatic heterocycles. The largest absolute Gasteiger partial charge is 0.378 e. The summed E-state index contributed by atoms with van der Waals surface area (Å²) in [5.41, 5.74) is 1.35. The molecular weight excluding hydrogens is 354 g/mol. The number of amides is 1. The van der Waals surface area contributed by atoms with Crippen molar-refractivity contribution in [2.45, 2.75) is 6.42 Å².